The molecule has 1 fully saturated rings. The predicted octanol–water partition coefficient (Wildman–Crippen LogP) is 2.13. The number of carbonyl (C=O) groups excluding carboxylic acids is 1. The normalized spacial score (nSPS) is 18.8. The number of aliphatic carboxylic acids is 1. The maximum atomic E-state index is 12.7. The standard InChI is InChI=1S/C14H16F3N3O3/c1-8-5-10(19-13(18-8)14(15,16)17)12(23)20-4-2-3-9(7-20)6-11(21)22/h5,9H,2-4,6-7H2,1H3,(H,21,22). The maximum Gasteiger partial charge on any atom is 0.451 e. The predicted molar refractivity (Wildman–Crippen MR) is 72.7 cm³/mol. The monoisotopic (exact) mass is 331 g/mol. The van der Waals surface area contributed by atoms with Crippen molar-refractivity contribution in [2.45, 2.75) is 32.4 Å². The zero-order valence-electron chi connectivity index (χ0n) is 12.4. The number of aryl methyl sites for hydroxylation is 1. The van der Waals surface area contributed by atoms with Crippen molar-refractivity contribution in [2.75, 3.05) is 13.1 Å². The summed E-state index contributed by atoms with van der Waals surface area (Å²) >= 11 is 0. The zero-order valence-corrected chi connectivity index (χ0v) is 12.4. The van der Waals surface area contributed by atoms with Crippen LogP contribution in [0.2, 0.25) is 0 Å². The Hall–Kier alpha value is -2.19. The molecule has 1 N–H and O–H groups in total. The van der Waals surface area contributed by atoms with E-state index in [0.29, 0.717) is 19.4 Å². The van der Waals surface area contributed by atoms with E-state index >= 15 is 0 Å². The molecule has 2 rings (SSSR count). The molecule has 0 aliphatic carbocycles. The zero-order chi connectivity index (χ0) is 17.2. The van der Waals surface area contributed by atoms with Gasteiger partial charge in [-0.25, -0.2) is 9.97 Å². The fraction of sp³-hybridized carbons (Fsp3) is 0.571. The Balaban J connectivity index is 2.19. The first kappa shape index (κ1) is 17.2. The number of rotatable bonds is 3. The summed E-state index contributed by atoms with van der Waals surface area (Å²) in [5.74, 6) is -3.13. The number of likely N-dealkylation sites (tertiary alicyclic amines) is 1. The van der Waals surface area contributed by atoms with E-state index in [1.807, 2.05) is 0 Å². The minimum absolute atomic E-state index is 0.0507. The van der Waals surface area contributed by atoms with Gasteiger partial charge in [0.2, 0.25) is 5.82 Å². The van der Waals surface area contributed by atoms with Crippen molar-refractivity contribution in [2.24, 2.45) is 5.92 Å². The van der Waals surface area contributed by atoms with Gasteiger partial charge in [0.25, 0.3) is 5.91 Å². The lowest BCUT2D eigenvalue weighted by atomic mass is 9.94. The molecule has 0 radical (unpaired) electrons. The Morgan fingerprint density at radius 3 is 2.70 bits per heavy atom. The molecule has 1 aromatic heterocycles. The molecule has 23 heavy (non-hydrogen) atoms. The molecule has 1 aliphatic heterocycles. The second-order valence-corrected chi connectivity index (χ2v) is 5.57. The summed E-state index contributed by atoms with van der Waals surface area (Å²) in [7, 11) is 0. The van der Waals surface area contributed by atoms with E-state index in [0.717, 1.165) is 0 Å². The molecule has 2 heterocycles. The number of hydrogen-bond donors (Lipinski definition) is 1. The number of carboxylic acids is 1. The van der Waals surface area contributed by atoms with Crippen LogP contribution in [0.3, 0.4) is 0 Å². The molecular formula is C14H16F3N3O3. The van der Waals surface area contributed by atoms with E-state index in [2.05, 4.69) is 9.97 Å². The average molecular weight is 331 g/mol. The summed E-state index contributed by atoms with van der Waals surface area (Å²) in [4.78, 5) is 31.1. The molecule has 1 atom stereocenters. The highest BCUT2D eigenvalue weighted by Gasteiger charge is 2.36. The van der Waals surface area contributed by atoms with Crippen LogP contribution in [0.15, 0.2) is 6.07 Å². The molecule has 1 unspecified atom stereocenters. The number of halogens is 3. The van der Waals surface area contributed by atoms with E-state index in [4.69, 9.17) is 5.11 Å². The van der Waals surface area contributed by atoms with Crippen molar-refractivity contribution in [3.05, 3.63) is 23.3 Å². The Bertz CT molecular complexity index is 619. The largest absolute Gasteiger partial charge is 0.481 e. The fourth-order valence-electron chi connectivity index (χ4n) is 2.63. The van der Waals surface area contributed by atoms with E-state index < -0.39 is 23.9 Å². The van der Waals surface area contributed by atoms with Gasteiger partial charge in [0.05, 0.1) is 0 Å². The van der Waals surface area contributed by atoms with Crippen LogP contribution in [0.4, 0.5) is 13.2 Å². The van der Waals surface area contributed by atoms with Gasteiger partial charge in [-0.3, -0.25) is 9.59 Å². The van der Waals surface area contributed by atoms with Crippen LogP contribution in [-0.2, 0) is 11.0 Å². The first-order valence-electron chi connectivity index (χ1n) is 7.10. The summed E-state index contributed by atoms with van der Waals surface area (Å²) in [5.41, 5.74) is -0.268. The van der Waals surface area contributed by atoms with Gasteiger partial charge in [-0.2, -0.15) is 13.2 Å². The molecule has 0 spiro atoms. The van der Waals surface area contributed by atoms with Crippen LogP contribution in [0.25, 0.3) is 0 Å². The summed E-state index contributed by atoms with van der Waals surface area (Å²) in [6.07, 6.45) is -3.51. The highest BCUT2D eigenvalue weighted by molar-refractivity contribution is 5.92. The Labute approximate surface area is 130 Å². The molecule has 1 amide bonds. The van der Waals surface area contributed by atoms with Crippen molar-refractivity contribution in [1.29, 1.82) is 0 Å². The van der Waals surface area contributed by atoms with Crippen LogP contribution in [-0.4, -0.2) is 44.9 Å². The SMILES string of the molecule is Cc1cc(C(=O)N2CCCC(CC(=O)O)C2)nc(C(F)(F)F)n1. The number of carbonyl (C=O) groups is 2. The smallest absolute Gasteiger partial charge is 0.451 e. The van der Waals surface area contributed by atoms with Gasteiger partial charge < -0.3 is 10.0 Å². The summed E-state index contributed by atoms with van der Waals surface area (Å²) in [6, 6.07) is 1.21. The number of piperidine rings is 1. The lowest BCUT2D eigenvalue weighted by Gasteiger charge is -2.32. The summed E-state index contributed by atoms with van der Waals surface area (Å²) in [6.45, 7) is 1.94. The van der Waals surface area contributed by atoms with Crippen molar-refractivity contribution < 1.29 is 27.9 Å². The number of amides is 1. The lowest BCUT2D eigenvalue weighted by Crippen LogP contribution is -2.41. The molecule has 0 aromatic carbocycles. The molecule has 9 heteroatoms. The molecular weight excluding hydrogens is 315 g/mol. The molecule has 6 nitrogen and oxygen atoms in total. The average Bonchev–Trinajstić information content (AvgIpc) is 2.44. The van der Waals surface area contributed by atoms with E-state index in [1.165, 1.54) is 17.9 Å². The van der Waals surface area contributed by atoms with Gasteiger partial charge in [0, 0.05) is 25.2 Å². The van der Waals surface area contributed by atoms with Gasteiger partial charge in [0.1, 0.15) is 5.69 Å². The number of hydrogen-bond acceptors (Lipinski definition) is 4. The number of nitrogens with zero attached hydrogens (tertiary/aromatic N) is 3. The van der Waals surface area contributed by atoms with Crippen LogP contribution in [0.5, 0.6) is 0 Å². The van der Waals surface area contributed by atoms with Crippen molar-refractivity contribution in [1.82, 2.24) is 14.9 Å². The van der Waals surface area contributed by atoms with E-state index in [1.54, 1.807) is 0 Å². The van der Waals surface area contributed by atoms with Crippen LogP contribution in [0, 0.1) is 12.8 Å². The molecule has 126 valence electrons. The number of aromatic nitrogens is 2. The molecule has 1 aromatic rings. The summed E-state index contributed by atoms with van der Waals surface area (Å²) < 4.78 is 38.2. The lowest BCUT2D eigenvalue weighted by molar-refractivity contribution is -0.145. The molecule has 0 bridgehead atoms. The third kappa shape index (κ3) is 4.40. The van der Waals surface area contributed by atoms with Crippen molar-refractivity contribution >= 4 is 11.9 Å². The Morgan fingerprint density at radius 1 is 1.39 bits per heavy atom. The number of alkyl halides is 3. The topological polar surface area (TPSA) is 83.4 Å². The van der Waals surface area contributed by atoms with Gasteiger partial charge in [-0.1, -0.05) is 0 Å². The van der Waals surface area contributed by atoms with Gasteiger partial charge in [-0.15, -0.1) is 0 Å². The van der Waals surface area contributed by atoms with E-state index in [9.17, 15) is 22.8 Å². The molecule has 0 saturated carbocycles. The second-order valence-electron chi connectivity index (χ2n) is 5.57. The fourth-order valence-corrected chi connectivity index (χ4v) is 2.63. The molecule has 1 saturated heterocycles. The van der Waals surface area contributed by atoms with Crippen LogP contribution >= 0.6 is 0 Å². The first-order valence-corrected chi connectivity index (χ1v) is 7.10. The third-order valence-electron chi connectivity index (χ3n) is 3.60. The quantitative estimate of drug-likeness (QED) is 0.917. The maximum absolute atomic E-state index is 12.7. The molecule has 1 aliphatic rings. The Morgan fingerprint density at radius 2 is 2.09 bits per heavy atom. The first-order chi connectivity index (χ1) is 10.7. The number of carboxylic acid groups (broad SMARTS) is 1. The van der Waals surface area contributed by atoms with Crippen LogP contribution in [0.1, 0.15) is 41.3 Å². The van der Waals surface area contributed by atoms with Crippen molar-refractivity contribution in [3.8, 4) is 0 Å². The van der Waals surface area contributed by atoms with Gasteiger partial charge in [-0.05, 0) is 31.7 Å². The van der Waals surface area contributed by atoms with Crippen molar-refractivity contribution in [3.63, 3.8) is 0 Å². The van der Waals surface area contributed by atoms with E-state index in [-0.39, 0.29) is 30.3 Å². The highest BCUT2D eigenvalue weighted by atomic mass is 19.4. The minimum Gasteiger partial charge on any atom is -0.481 e. The minimum atomic E-state index is -4.73. The van der Waals surface area contributed by atoms with Gasteiger partial charge >= 0.3 is 12.1 Å². The Kier molecular flexibility index (Phi) is 4.86. The van der Waals surface area contributed by atoms with Gasteiger partial charge in [0.15, 0.2) is 0 Å². The summed E-state index contributed by atoms with van der Waals surface area (Å²) in [5, 5.41) is 8.82. The highest BCUT2D eigenvalue weighted by Crippen LogP contribution is 2.27. The second kappa shape index (κ2) is 6.51. The third-order valence-corrected chi connectivity index (χ3v) is 3.60. The van der Waals surface area contributed by atoms with Crippen LogP contribution < -0.4 is 0 Å².